The van der Waals surface area contributed by atoms with E-state index in [1.54, 1.807) is 12.0 Å². The Morgan fingerprint density at radius 3 is 2.69 bits per heavy atom. The Hall–Kier alpha value is -1.67. The first-order chi connectivity index (χ1) is 12.4. The van der Waals surface area contributed by atoms with Crippen molar-refractivity contribution in [3.05, 3.63) is 0 Å². The number of primary amides is 1. The molecule has 2 heterocycles. The van der Waals surface area contributed by atoms with Gasteiger partial charge in [0.1, 0.15) is 6.04 Å². The molecule has 0 bridgehead atoms. The molecule has 2 saturated heterocycles. The topological polar surface area (TPSA) is 114 Å². The van der Waals surface area contributed by atoms with E-state index in [-0.39, 0.29) is 42.3 Å². The van der Waals surface area contributed by atoms with Crippen molar-refractivity contribution in [2.45, 2.75) is 82.5 Å². The van der Waals surface area contributed by atoms with Crippen molar-refractivity contribution in [2.75, 3.05) is 13.8 Å². The zero-order chi connectivity index (χ0) is 19.1. The highest BCUT2D eigenvalue weighted by molar-refractivity contribution is 5.91. The molecular formula is C18H32N4O4. The van der Waals surface area contributed by atoms with Crippen LogP contribution in [0.15, 0.2) is 0 Å². The lowest BCUT2D eigenvalue weighted by Crippen LogP contribution is -2.56. The van der Waals surface area contributed by atoms with Crippen molar-refractivity contribution in [2.24, 2.45) is 5.73 Å². The fraction of sp³-hybridized carbons (Fsp3) is 0.833. The molecule has 4 unspecified atom stereocenters. The van der Waals surface area contributed by atoms with E-state index in [1.807, 2.05) is 6.92 Å². The van der Waals surface area contributed by atoms with Gasteiger partial charge in [-0.05, 0) is 39.0 Å². The summed E-state index contributed by atoms with van der Waals surface area (Å²) in [5.74, 6) is -0.517. The van der Waals surface area contributed by atoms with E-state index in [0.717, 1.165) is 32.1 Å². The lowest BCUT2D eigenvalue weighted by Gasteiger charge is -2.35. The monoisotopic (exact) mass is 368 g/mol. The molecular weight excluding hydrogens is 336 g/mol. The van der Waals surface area contributed by atoms with Crippen LogP contribution in [-0.2, 0) is 19.1 Å². The number of nitrogens with two attached hydrogens (primary N) is 1. The number of nitrogens with zero attached hydrogens (tertiary/aromatic N) is 1. The van der Waals surface area contributed by atoms with E-state index in [1.165, 1.54) is 0 Å². The first-order valence-electron chi connectivity index (χ1n) is 9.57. The Labute approximate surface area is 155 Å². The second kappa shape index (κ2) is 9.87. The van der Waals surface area contributed by atoms with Gasteiger partial charge >= 0.3 is 0 Å². The molecule has 8 nitrogen and oxygen atoms in total. The standard InChI is InChI=1S/C18H32N4O4/c1-12(7-10-16(19)23)21-17(24)15-9-8-13-5-3-4-6-14(20-11-26-2)18(25)22(13)15/h12-15,20H,3-11H2,1-2H3,(H2,19,23)(H,21,24). The van der Waals surface area contributed by atoms with Crippen LogP contribution in [0.5, 0.6) is 0 Å². The van der Waals surface area contributed by atoms with Crippen LogP contribution in [0.25, 0.3) is 0 Å². The first-order valence-corrected chi connectivity index (χ1v) is 9.57. The van der Waals surface area contributed by atoms with Crippen LogP contribution >= 0.6 is 0 Å². The highest BCUT2D eigenvalue weighted by atomic mass is 16.5. The SMILES string of the molecule is COCNC1CCCCC2CCC(C(=O)NC(C)CCC(N)=O)N2C1=O. The van der Waals surface area contributed by atoms with Gasteiger partial charge in [0.15, 0.2) is 0 Å². The van der Waals surface area contributed by atoms with Gasteiger partial charge in [-0.25, -0.2) is 0 Å². The van der Waals surface area contributed by atoms with Gasteiger partial charge in [0.05, 0.1) is 12.8 Å². The third-order valence-electron chi connectivity index (χ3n) is 5.32. The second-order valence-corrected chi connectivity index (χ2v) is 7.38. The molecule has 8 heteroatoms. The number of nitrogens with one attached hydrogen (secondary N) is 2. The fourth-order valence-corrected chi connectivity index (χ4v) is 3.93. The van der Waals surface area contributed by atoms with Crippen LogP contribution in [0.1, 0.15) is 58.3 Å². The zero-order valence-electron chi connectivity index (χ0n) is 15.8. The van der Waals surface area contributed by atoms with Gasteiger partial charge in [0.25, 0.3) is 0 Å². The molecule has 0 aromatic heterocycles. The maximum absolute atomic E-state index is 13.1. The summed E-state index contributed by atoms with van der Waals surface area (Å²) in [6.45, 7) is 2.17. The molecule has 0 spiro atoms. The third-order valence-corrected chi connectivity index (χ3v) is 5.32. The summed E-state index contributed by atoms with van der Waals surface area (Å²) in [7, 11) is 1.59. The first kappa shape index (κ1) is 20.6. The molecule has 3 amide bonds. The van der Waals surface area contributed by atoms with Gasteiger partial charge in [-0.1, -0.05) is 12.8 Å². The van der Waals surface area contributed by atoms with Crippen LogP contribution < -0.4 is 16.4 Å². The molecule has 2 rings (SSSR count). The lowest BCUT2D eigenvalue weighted by molar-refractivity contribution is -0.143. The normalized spacial score (nSPS) is 27.4. The molecule has 0 saturated carbocycles. The number of carbonyl (C=O) groups excluding carboxylic acids is 3. The average Bonchev–Trinajstić information content (AvgIpc) is 3.00. The predicted molar refractivity (Wildman–Crippen MR) is 97.0 cm³/mol. The number of rotatable bonds is 8. The van der Waals surface area contributed by atoms with E-state index < -0.39 is 6.04 Å². The summed E-state index contributed by atoms with van der Waals surface area (Å²) >= 11 is 0. The van der Waals surface area contributed by atoms with Gasteiger partial charge in [-0.3, -0.25) is 19.7 Å². The Bertz CT molecular complexity index is 511. The number of amides is 3. The Morgan fingerprint density at radius 2 is 2.00 bits per heavy atom. The van der Waals surface area contributed by atoms with Gasteiger partial charge < -0.3 is 20.7 Å². The van der Waals surface area contributed by atoms with Crippen molar-refractivity contribution >= 4 is 17.7 Å². The van der Waals surface area contributed by atoms with Crippen LogP contribution in [0.2, 0.25) is 0 Å². The number of hydrogen-bond acceptors (Lipinski definition) is 5. The largest absolute Gasteiger partial charge is 0.370 e. The van der Waals surface area contributed by atoms with E-state index in [9.17, 15) is 14.4 Å². The summed E-state index contributed by atoms with van der Waals surface area (Å²) in [6, 6.07) is -0.764. The number of fused-ring (bicyclic) bond motifs is 1. The van der Waals surface area contributed by atoms with Crippen LogP contribution in [0, 0.1) is 0 Å². The number of methoxy groups -OCH3 is 1. The minimum Gasteiger partial charge on any atom is -0.370 e. The zero-order valence-corrected chi connectivity index (χ0v) is 15.8. The van der Waals surface area contributed by atoms with E-state index in [2.05, 4.69) is 10.6 Å². The van der Waals surface area contributed by atoms with Crippen molar-refractivity contribution in [3.8, 4) is 0 Å². The van der Waals surface area contributed by atoms with Crippen molar-refractivity contribution < 1.29 is 19.1 Å². The molecule has 0 radical (unpaired) electrons. The maximum atomic E-state index is 13.1. The van der Waals surface area contributed by atoms with Crippen molar-refractivity contribution in [3.63, 3.8) is 0 Å². The van der Waals surface area contributed by atoms with E-state index >= 15 is 0 Å². The molecule has 0 aromatic rings. The number of ether oxygens (including phenoxy) is 1. The molecule has 26 heavy (non-hydrogen) atoms. The molecule has 4 N–H and O–H groups in total. The molecule has 2 aliphatic rings. The Balaban J connectivity index is 2.02. The summed E-state index contributed by atoms with van der Waals surface area (Å²) in [4.78, 5) is 38.5. The molecule has 0 aromatic carbocycles. The van der Waals surface area contributed by atoms with Crippen molar-refractivity contribution in [1.82, 2.24) is 15.5 Å². The highest BCUT2D eigenvalue weighted by Gasteiger charge is 2.43. The quantitative estimate of drug-likeness (QED) is 0.532. The smallest absolute Gasteiger partial charge is 0.243 e. The molecule has 2 fully saturated rings. The molecule has 148 valence electrons. The van der Waals surface area contributed by atoms with Crippen LogP contribution in [0.4, 0.5) is 0 Å². The van der Waals surface area contributed by atoms with Crippen LogP contribution in [-0.4, -0.2) is 60.6 Å². The minimum atomic E-state index is -0.437. The van der Waals surface area contributed by atoms with Crippen molar-refractivity contribution in [1.29, 1.82) is 0 Å². The predicted octanol–water partition coefficient (Wildman–Crippen LogP) is 0.252. The van der Waals surface area contributed by atoms with Crippen LogP contribution in [0.3, 0.4) is 0 Å². The highest BCUT2D eigenvalue weighted by Crippen LogP contribution is 2.31. The summed E-state index contributed by atoms with van der Waals surface area (Å²) in [5, 5.41) is 6.08. The molecule has 2 aliphatic heterocycles. The second-order valence-electron chi connectivity index (χ2n) is 7.38. The lowest BCUT2D eigenvalue weighted by atomic mass is 9.99. The minimum absolute atomic E-state index is 0.00538. The maximum Gasteiger partial charge on any atom is 0.243 e. The Kier molecular flexibility index (Phi) is 7.84. The molecule has 0 aliphatic carbocycles. The van der Waals surface area contributed by atoms with Gasteiger partial charge in [-0.15, -0.1) is 0 Å². The summed E-state index contributed by atoms with van der Waals surface area (Å²) in [5.41, 5.74) is 5.16. The fourth-order valence-electron chi connectivity index (χ4n) is 3.93. The van der Waals surface area contributed by atoms with Gasteiger partial charge in [-0.2, -0.15) is 0 Å². The Morgan fingerprint density at radius 1 is 1.27 bits per heavy atom. The van der Waals surface area contributed by atoms with Gasteiger partial charge in [0, 0.05) is 25.6 Å². The van der Waals surface area contributed by atoms with E-state index in [0.29, 0.717) is 19.6 Å². The van der Waals surface area contributed by atoms with E-state index in [4.69, 9.17) is 10.5 Å². The van der Waals surface area contributed by atoms with Gasteiger partial charge in [0.2, 0.25) is 17.7 Å². The summed E-state index contributed by atoms with van der Waals surface area (Å²) in [6.07, 6.45) is 6.04. The number of hydrogen-bond donors (Lipinski definition) is 3. The average molecular weight is 368 g/mol. The summed E-state index contributed by atoms with van der Waals surface area (Å²) < 4.78 is 5.05. The number of carbonyl (C=O) groups is 3. The molecule has 4 atom stereocenters. The third kappa shape index (κ3) is 5.41.